The van der Waals surface area contributed by atoms with E-state index in [2.05, 4.69) is 24.5 Å². The van der Waals surface area contributed by atoms with Gasteiger partial charge < -0.3 is 29.6 Å². The second-order valence-electron chi connectivity index (χ2n) is 10.1. The highest BCUT2D eigenvalue weighted by atomic mass is 16.6. The van der Waals surface area contributed by atoms with Gasteiger partial charge in [-0.1, -0.05) is 62.8 Å². The van der Waals surface area contributed by atoms with Crippen molar-refractivity contribution in [2.24, 2.45) is 0 Å². The Balaban J connectivity index is 0.942. The lowest BCUT2D eigenvalue weighted by atomic mass is 10.1. The van der Waals surface area contributed by atoms with Crippen LogP contribution in [0.5, 0.6) is 23.0 Å². The number of para-hydroxylation sites is 4. The Morgan fingerprint density at radius 2 is 0.944 bits per heavy atom. The molecule has 198 valence electrons. The van der Waals surface area contributed by atoms with Gasteiger partial charge in [0.1, 0.15) is 25.4 Å². The van der Waals surface area contributed by atoms with Crippen LogP contribution in [0.4, 0.5) is 0 Å². The van der Waals surface area contributed by atoms with Crippen molar-refractivity contribution in [1.29, 1.82) is 0 Å². The minimum Gasteiger partial charge on any atom is -0.486 e. The van der Waals surface area contributed by atoms with E-state index in [0.29, 0.717) is 13.2 Å². The molecular formula is C30H44N2O4. The van der Waals surface area contributed by atoms with E-state index in [1.54, 1.807) is 0 Å². The Morgan fingerprint density at radius 1 is 0.583 bits per heavy atom. The molecule has 2 aliphatic heterocycles. The molecule has 4 atom stereocenters. The van der Waals surface area contributed by atoms with Crippen molar-refractivity contribution >= 4 is 0 Å². The van der Waals surface area contributed by atoms with E-state index in [4.69, 9.17) is 18.9 Å². The fourth-order valence-electron chi connectivity index (χ4n) is 4.80. The fourth-order valence-corrected chi connectivity index (χ4v) is 4.80. The molecule has 2 heterocycles. The molecule has 0 aromatic heterocycles. The molecule has 6 nitrogen and oxygen atoms in total. The van der Waals surface area contributed by atoms with Gasteiger partial charge in [0.2, 0.25) is 0 Å². The second-order valence-corrected chi connectivity index (χ2v) is 10.1. The first-order chi connectivity index (χ1) is 17.7. The first kappa shape index (κ1) is 26.6. The first-order valence-electron chi connectivity index (χ1n) is 13.9. The van der Waals surface area contributed by atoms with Crippen LogP contribution in [0.3, 0.4) is 0 Å². The molecule has 0 bridgehead atoms. The smallest absolute Gasteiger partial charge is 0.161 e. The molecule has 0 saturated heterocycles. The monoisotopic (exact) mass is 496 g/mol. The van der Waals surface area contributed by atoms with Crippen molar-refractivity contribution in [1.82, 2.24) is 10.6 Å². The summed E-state index contributed by atoms with van der Waals surface area (Å²) in [7, 11) is 0. The van der Waals surface area contributed by atoms with Crippen LogP contribution in [-0.4, -0.2) is 50.6 Å². The molecule has 0 fully saturated rings. The summed E-state index contributed by atoms with van der Waals surface area (Å²) in [5.74, 6) is 3.41. The van der Waals surface area contributed by atoms with Crippen LogP contribution < -0.4 is 29.6 Å². The zero-order valence-electron chi connectivity index (χ0n) is 22.0. The predicted molar refractivity (Wildman–Crippen MR) is 145 cm³/mol. The maximum atomic E-state index is 6.10. The van der Waals surface area contributed by atoms with Crippen molar-refractivity contribution in [3.05, 3.63) is 48.5 Å². The summed E-state index contributed by atoms with van der Waals surface area (Å²) in [5.41, 5.74) is 0. The molecule has 0 amide bonds. The Kier molecular flexibility index (Phi) is 10.6. The summed E-state index contributed by atoms with van der Waals surface area (Å²) in [4.78, 5) is 0. The summed E-state index contributed by atoms with van der Waals surface area (Å²) in [6, 6.07) is 16.4. The van der Waals surface area contributed by atoms with E-state index < -0.39 is 0 Å². The molecule has 6 heteroatoms. The number of fused-ring (bicyclic) bond motifs is 2. The van der Waals surface area contributed by atoms with Crippen LogP contribution in [0.25, 0.3) is 0 Å². The third-order valence-corrected chi connectivity index (χ3v) is 7.21. The van der Waals surface area contributed by atoms with E-state index in [9.17, 15) is 0 Å². The Morgan fingerprint density at radius 3 is 1.36 bits per heavy atom. The molecule has 2 aliphatic rings. The van der Waals surface area contributed by atoms with Crippen LogP contribution in [0.2, 0.25) is 0 Å². The summed E-state index contributed by atoms with van der Waals surface area (Å²) in [5, 5.41) is 7.23. The van der Waals surface area contributed by atoms with Crippen molar-refractivity contribution in [3.8, 4) is 23.0 Å². The van der Waals surface area contributed by atoms with Gasteiger partial charge in [0, 0.05) is 12.1 Å². The minimum atomic E-state index is 0.0672. The van der Waals surface area contributed by atoms with E-state index in [1.807, 2.05) is 48.5 Å². The van der Waals surface area contributed by atoms with Crippen LogP contribution in [0, 0.1) is 0 Å². The molecule has 0 spiro atoms. The lowest BCUT2D eigenvalue weighted by Crippen LogP contribution is -2.46. The lowest BCUT2D eigenvalue weighted by molar-refractivity contribution is 0.0666. The van der Waals surface area contributed by atoms with Crippen LogP contribution in [0.15, 0.2) is 48.5 Å². The summed E-state index contributed by atoms with van der Waals surface area (Å²) in [6.45, 7) is 7.66. The quantitative estimate of drug-likeness (QED) is 0.307. The molecule has 0 radical (unpaired) electrons. The van der Waals surface area contributed by atoms with Crippen molar-refractivity contribution in [2.45, 2.75) is 89.5 Å². The third-order valence-electron chi connectivity index (χ3n) is 7.21. The van der Waals surface area contributed by atoms with Gasteiger partial charge in [0.25, 0.3) is 0 Å². The molecule has 2 aromatic carbocycles. The molecule has 2 aromatic rings. The van der Waals surface area contributed by atoms with Gasteiger partial charge in [-0.2, -0.15) is 0 Å². The van der Waals surface area contributed by atoms with Gasteiger partial charge in [-0.25, -0.2) is 0 Å². The van der Waals surface area contributed by atoms with Gasteiger partial charge in [-0.05, 0) is 64.0 Å². The molecule has 0 unspecified atom stereocenters. The number of ether oxygens (including phenoxy) is 4. The van der Waals surface area contributed by atoms with E-state index in [1.165, 1.54) is 51.4 Å². The van der Waals surface area contributed by atoms with Gasteiger partial charge >= 0.3 is 0 Å². The average molecular weight is 497 g/mol. The lowest BCUT2D eigenvalue weighted by Gasteiger charge is -2.31. The Bertz CT molecular complexity index is 835. The predicted octanol–water partition coefficient (Wildman–Crippen LogP) is 5.74. The SMILES string of the molecule is C[C@H](NCCCCCCCCCCN[C@H](C)[C@@H]1COc2ccccc2O1)[C@H]1COc2ccccc2O1. The summed E-state index contributed by atoms with van der Waals surface area (Å²) in [6.07, 6.45) is 10.5. The number of unbranched alkanes of at least 4 members (excludes halogenated alkanes) is 7. The minimum absolute atomic E-state index is 0.0672. The molecule has 0 saturated carbocycles. The molecule has 0 aliphatic carbocycles. The molecule has 36 heavy (non-hydrogen) atoms. The van der Waals surface area contributed by atoms with E-state index in [0.717, 1.165) is 36.1 Å². The number of hydrogen-bond donors (Lipinski definition) is 2. The van der Waals surface area contributed by atoms with Gasteiger partial charge in [0.05, 0.1) is 0 Å². The number of rotatable bonds is 15. The van der Waals surface area contributed by atoms with Gasteiger partial charge in [0.15, 0.2) is 23.0 Å². The van der Waals surface area contributed by atoms with E-state index >= 15 is 0 Å². The Labute approximate surface area is 217 Å². The topological polar surface area (TPSA) is 61.0 Å². The highest BCUT2D eigenvalue weighted by molar-refractivity contribution is 5.41. The summed E-state index contributed by atoms with van der Waals surface area (Å²) < 4.78 is 23.9. The largest absolute Gasteiger partial charge is 0.486 e. The molecule has 4 rings (SSSR count). The number of nitrogens with one attached hydrogen (secondary N) is 2. The highest BCUT2D eigenvalue weighted by Gasteiger charge is 2.26. The maximum absolute atomic E-state index is 6.10. The maximum Gasteiger partial charge on any atom is 0.161 e. The third kappa shape index (κ3) is 8.04. The van der Waals surface area contributed by atoms with Crippen molar-refractivity contribution in [3.63, 3.8) is 0 Å². The zero-order chi connectivity index (χ0) is 25.0. The zero-order valence-corrected chi connectivity index (χ0v) is 22.0. The van der Waals surface area contributed by atoms with Gasteiger partial charge in [-0.3, -0.25) is 0 Å². The van der Waals surface area contributed by atoms with E-state index in [-0.39, 0.29) is 24.3 Å². The van der Waals surface area contributed by atoms with Gasteiger partial charge in [-0.15, -0.1) is 0 Å². The fraction of sp³-hybridized carbons (Fsp3) is 0.600. The number of hydrogen-bond acceptors (Lipinski definition) is 6. The Hall–Kier alpha value is -2.44. The number of benzene rings is 2. The second kappa shape index (κ2) is 14.3. The standard InChI is InChI=1S/C30H44N2O4/c1-23(29-21-33-25-15-9-11-17-27(25)35-29)31-19-13-7-5-3-4-6-8-14-20-32-24(2)30-22-34-26-16-10-12-18-28(26)36-30/h9-12,15-18,23-24,29-32H,3-8,13-14,19-22H2,1-2H3/t23-,24+,29+,30-. The molecule has 2 N–H and O–H groups in total. The highest BCUT2D eigenvalue weighted by Crippen LogP contribution is 2.32. The average Bonchev–Trinajstić information content (AvgIpc) is 2.92. The van der Waals surface area contributed by atoms with Crippen molar-refractivity contribution in [2.75, 3.05) is 26.3 Å². The first-order valence-corrected chi connectivity index (χ1v) is 13.9. The van der Waals surface area contributed by atoms with Crippen LogP contribution in [0.1, 0.15) is 65.2 Å². The van der Waals surface area contributed by atoms with Crippen molar-refractivity contribution < 1.29 is 18.9 Å². The normalized spacial score (nSPS) is 20.1. The summed E-state index contributed by atoms with van der Waals surface area (Å²) >= 11 is 0. The van der Waals surface area contributed by atoms with Crippen LogP contribution >= 0.6 is 0 Å². The molecular weight excluding hydrogens is 452 g/mol. The van der Waals surface area contributed by atoms with Crippen LogP contribution in [-0.2, 0) is 0 Å².